The van der Waals surface area contributed by atoms with Crippen molar-refractivity contribution >= 4 is 27.0 Å². The van der Waals surface area contributed by atoms with Crippen LogP contribution in [0.2, 0.25) is 0 Å². The molecule has 0 spiro atoms. The molecular formula is C7H4BrNO2. The van der Waals surface area contributed by atoms with Crippen LogP contribution in [-0.2, 0) is 0 Å². The van der Waals surface area contributed by atoms with Crippen molar-refractivity contribution < 1.29 is 9.15 Å². The number of rotatable bonds is 0. The van der Waals surface area contributed by atoms with E-state index in [0.717, 1.165) is 9.86 Å². The van der Waals surface area contributed by atoms with Crippen LogP contribution in [0, 0.1) is 5.21 Å². The quantitative estimate of drug-likeness (QED) is 0.495. The van der Waals surface area contributed by atoms with E-state index < -0.39 is 0 Å². The Kier molecular flexibility index (Phi) is 1.35. The molecule has 3 nitrogen and oxygen atoms in total. The number of furan rings is 1. The highest BCUT2D eigenvalue weighted by atomic mass is 79.9. The lowest BCUT2D eigenvalue weighted by Gasteiger charge is -1.92. The Morgan fingerprint density at radius 3 is 3.09 bits per heavy atom. The fourth-order valence-electron chi connectivity index (χ4n) is 0.943. The largest absolute Gasteiger partial charge is 0.616 e. The molecule has 0 amide bonds. The summed E-state index contributed by atoms with van der Waals surface area (Å²) in [5.74, 6) is 0. The molecule has 2 aromatic heterocycles. The van der Waals surface area contributed by atoms with E-state index in [1.54, 1.807) is 6.07 Å². The number of halogens is 1. The molecule has 0 aliphatic rings. The minimum atomic E-state index is 0.333. The Hall–Kier alpha value is -1.03. The van der Waals surface area contributed by atoms with Gasteiger partial charge in [-0.25, -0.2) is 0 Å². The number of fused-ring (bicyclic) bond motifs is 1. The van der Waals surface area contributed by atoms with Gasteiger partial charge >= 0.3 is 5.71 Å². The van der Waals surface area contributed by atoms with Crippen molar-refractivity contribution in [3.8, 4) is 0 Å². The second-order valence-electron chi connectivity index (χ2n) is 2.14. The molecule has 0 aliphatic heterocycles. The molecular weight excluding hydrogens is 210 g/mol. The van der Waals surface area contributed by atoms with E-state index in [2.05, 4.69) is 15.9 Å². The topological polar surface area (TPSA) is 40.1 Å². The van der Waals surface area contributed by atoms with Crippen LogP contribution >= 0.6 is 15.9 Å². The third-order valence-electron chi connectivity index (χ3n) is 1.45. The molecule has 56 valence electrons. The van der Waals surface area contributed by atoms with Gasteiger partial charge in [0.25, 0.3) is 0 Å². The average molecular weight is 214 g/mol. The van der Waals surface area contributed by atoms with Crippen LogP contribution in [-0.4, -0.2) is 0 Å². The normalized spacial score (nSPS) is 10.6. The predicted octanol–water partition coefficient (Wildman–Crippen LogP) is 1.83. The molecule has 2 heterocycles. The van der Waals surface area contributed by atoms with E-state index in [1.807, 2.05) is 6.07 Å². The second kappa shape index (κ2) is 2.23. The summed E-state index contributed by atoms with van der Waals surface area (Å²) in [5, 5.41) is 11.8. The Morgan fingerprint density at radius 1 is 1.55 bits per heavy atom. The predicted molar refractivity (Wildman–Crippen MR) is 42.9 cm³/mol. The van der Waals surface area contributed by atoms with Gasteiger partial charge < -0.3 is 9.62 Å². The molecule has 2 rings (SSSR count). The Bertz CT molecular complexity index is 396. The first-order valence-electron chi connectivity index (χ1n) is 3.04. The summed E-state index contributed by atoms with van der Waals surface area (Å²) in [6, 6.07) is 3.49. The van der Waals surface area contributed by atoms with Gasteiger partial charge in [-0.15, -0.1) is 4.73 Å². The zero-order valence-corrected chi connectivity index (χ0v) is 7.04. The first kappa shape index (κ1) is 6.67. The van der Waals surface area contributed by atoms with E-state index in [1.165, 1.54) is 12.5 Å². The zero-order valence-electron chi connectivity index (χ0n) is 5.45. The van der Waals surface area contributed by atoms with Crippen molar-refractivity contribution in [2.75, 3.05) is 0 Å². The van der Waals surface area contributed by atoms with Crippen LogP contribution in [0.1, 0.15) is 0 Å². The van der Waals surface area contributed by atoms with Crippen molar-refractivity contribution in [1.82, 2.24) is 0 Å². The van der Waals surface area contributed by atoms with Gasteiger partial charge in [-0.2, -0.15) is 0 Å². The monoisotopic (exact) mass is 213 g/mol. The highest BCUT2D eigenvalue weighted by Crippen LogP contribution is 2.22. The molecule has 2 aromatic rings. The Morgan fingerprint density at radius 2 is 2.36 bits per heavy atom. The smallest absolute Gasteiger partial charge is 0.393 e. The SMILES string of the molecule is [O-][n+]1cccc2c(Br)coc21. The fourth-order valence-corrected chi connectivity index (χ4v) is 1.34. The first-order chi connectivity index (χ1) is 5.29. The molecule has 0 saturated heterocycles. The Balaban J connectivity index is 2.94. The summed E-state index contributed by atoms with van der Waals surface area (Å²) < 4.78 is 6.48. The van der Waals surface area contributed by atoms with E-state index in [0.29, 0.717) is 10.4 Å². The first-order valence-corrected chi connectivity index (χ1v) is 3.83. The van der Waals surface area contributed by atoms with Crippen LogP contribution in [0.4, 0.5) is 0 Å². The van der Waals surface area contributed by atoms with Gasteiger partial charge in [0.2, 0.25) is 0 Å². The number of hydrogen-bond acceptors (Lipinski definition) is 2. The number of nitrogens with zero attached hydrogens (tertiary/aromatic N) is 1. The lowest BCUT2D eigenvalue weighted by Crippen LogP contribution is -2.24. The Labute approximate surface area is 71.0 Å². The number of hydrogen-bond donors (Lipinski definition) is 0. The summed E-state index contributed by atoms with van der Waals surface area (Å²) in [5.41, 5.74) is 0.333. The van der Waals surface area contributed by atoms with Crippen LogP contribution in [0.15, 0.2) is 33.5 Å². The van der Waals surface area contributed by atoms with Crippen molar-refractivity contribution in [3.63, 3.8) is 0 Å². The van der Waals surface area contributed by atoms with E-state index in [-0.39, 0.29) is 0 Å². The van der Waals surface area contributed by atoms with E-state index in [4.69, 9.17) is 4.42 Å². The van der Waals surface area contributed by atoms with Gasteiger partial charge in [0, 0.05) is 6.07 Å². The molecule has 4 heteroatoms. The summed E-state index contributed by atoms with van der Waals surface area (Å²) in [6.45, 7) is 0. The standard InChI is InChI=1S/C7H4BrNO2/c8-6-4-11-7-5(6)2-1-3-9(7)10/h1-4H. The van der Waals surface area contributed by atoms with Gasteiger partial charge in [0.1, 0.15) is 11.6 Å². The van der Waals surface area contributed by atoms with Crippen LogP contribution in [0.25, 0.3) is 11.1 Å². The second-order valence-corrected chi connectivity index (χ2v) is 2.99. The highest BCUT2D eigenvalue weighted by Gasteiger charge is 2.09. The van der Waals surface area contributed by atoms with Crippen LogP contribution in [0.3, 0.4) is 0 Å². The summed E-state index contributed by atoms with van der Waals surface area (Å²) >= 11 is 3.26. The number of aromatic nitrogens is 1. The maximum atomic E-state index is 11.0. The van der Waals surface area contributed by atoms with E-state index >= 15 is 0 Å². The minimum absolute atomic E-state index is 0.333. The van der Waals surface area contributed by atoms with Gasteiger partial charge in [-0.3, -0.25) is 0 Å². The molecule has 0 atom stereocenters. The molecule has 0 N–H and O–H groups in total. The average Bonchev–Trinajstić information content (AvgIpc) is 2.35. The van der Waals surface area contributed by atoms with Gasteiger partial charge in [-0.05, 0) is 22.0 Å². The molecule has 0 bridgehead atoms. The molecule has 0 aromatic carbocycles. The summed E-state index contributed by atoms with van der Waals surface area (Å²) in [4.78, 5) is 0. The lowest BCUT2D eigenvalue weighted by atomic mass is 10.3. The summed E-state index contributed by atoms with van der Waals surface area (Å²) in [6.07, 6.45) is 2.90. The van der Waals surface area contributed by atoms with Gasteiger partial charge in [-0.1, -0.05) is 0 Å². The van der Waals surface area contributed by atoms with Crippen molar-refractivity contribution in [2.45, 2.75) is 0 Å². The third kappa shape index (κ3) is 0.903. The maximum absolute atomic E-state index is 11.0. The molecule has 11 heavy (non-hydrogen) atoms. The maximum Gasteiger partial charge on any atom is 0.393 e. The van der Waals surface area contributed by atoms with E-state index in [9.17, 15) is 5.21 Å². The minimum Gasteiger partial charge on any atom is -0.616 e. The van der Waals surface area contributed by atoms with Crippen LogP contribution in [0.5, 0.6) is 0 Å². The number of pyridine rings is 1. The fraction of sp³-hybridized carbons (Fsp3) is 0. The highest BCUT2D eigenvalue weighted by molar-refractivity contribution is 9.10. The van der Waals surface area contributed by atoms with Crippen molar-refractivity contribution in [1.29, 1.82) is 0 Å². The molecule has 0 radical (unpaired) electrons. The molecule has 0 fully saturated rings. The van der Waals surface area contributed by atoms with Crippen LogP contribution < -0.4 is 4.73 Å². The third-order valence-corrected chi connectivity index (χ3v) is 2.06. The molecule has 0 saturated carbocycles. The molecule has 0 unspecified atom stereocenters. The van der Waals surface area contributed by atoms with Crippen molar-refractivity contribution in [3.05, 3.63) is 34.3 Å². The van der Waals surface area contributed by atoms with Gasteiger partial charge in [0.15, 0.2) is 6.20 Å². The van der Waals surface area contributed by atoms with Crippen molar-refractivity contribution in [2.24, 2.45) is 0 Å². The molecule has 0 aliphatic carbocycles. The zero-order chi connectivity index (χ0) is 7.84. The lowest BCUT2D eigenvalue weighted by molar-refractivity contribution is -0.584. The summed E-state index contributed by atoms with van der Waals surface area (Å²) in [7, 11) is 0. The van der Waals surface area contributed by atoms with Gasteiger partial charge in [0.05, 0.1) is 4.47 Å².